The maximum atomic E-state index is 13.5. The van der Waals surface area contributed by atoms with Gasteiger partial charge < -0.3 is 9.80 Å². The maximum absolute atomic E-state index is 13.5. The van der Waals surface area contributed by atoms with Crippen LogP contribution in [0.4, 0.5) is 5.69 Å². The minimum Gasteiger partial charge on any atom is -0.320 e. The van der Waals surface area contributed by atoms with Crippen molar-refractivity contribution in [2.75, 3.05) is 18.4 Å². The molecule has 0 spiro atoms. The van der Waals surface area contributed by atoms with Crippen LogP contribution < -0.4 is 5.32 Å². The minimum atomic E-state index is -0.0137. The molecule has 0 aromatic heterocycles. The summed E-state index contributed by atoms with van der Waals surface area (Å²) in [5, 5.41) is 3.30. The van der Waals surface area contributed by atoms with Gasteiger partial charge in [-0.3, -0.25) is 4.79 Å². The third kappa shape index (κ3) is 5.81. The molecule has 2 aromatic carbocycles. The van der Waals surface area contributed by atoms with Gasteiger partial charge >= 0.3 is 0 Å². The first-order valence-corrected chi connectivity index (χ1v) is 11.3. The number of anilines is 1. The molecule has 1 N–H and O–H groups in total. The van der Waals surface area contributed by atoms with Crippen LogP contribution in [0.1, 0.15) is 61.8 Å². The van der Waals surface area contributed by atoms with Crippen molar-refractivity contribution in [1.29, 1.82) is 0 Å². The largest absolute Gasteiger partial charge is 0.320 e. The van der Waals surface area contributed by atoms with E-state index in [-0.39, 0.29) is 44.7 Å². The normalized spacial score (nSPS) is 16.4. The summed E-state index contributed by atoms with van der Waals surface area (Å²) in [5.41, 5.74) is 5.97. The molecule has 1 amide bonds. The number of nitrogens with one attached hydrogen (secondary N) is 1. The molecule has 3 rings (SSSR count). The van der Waals surface area contributed by atoms with Gasteiger partial charge in [-0.05, 0) is 56.2 Å². The summed E-state index contributed by atoms with van der Waals surface area (Å²) in [7, 11) is 0. The molecule has 30 heavy (non-hydrogen) atoms. The van der Waals surface area contributed by atoms with Crippen LogP contribution in [0.5, 0.6) is 0 Å². The Labute approximate surface area is 208 Å². The molecule has 1 saturated heterocycles. The number of carbonyl (C=O) groups excluding carboxylic acids is 1. The Morgan fingerprint density at radius 2 is 1.50 bits per heavy atom. The molecule has 0 saturated carbocycles. The quantitative estimate of drug-likeness (QED) is 0.498. The van der Waals surface area contributed by atoms with E-state index in [1.807, 2.05) is 0 Å². The van der Waals surface area contributed by atoms with E-state index in [9.17, 15) is 4.79 Å². The molecule has 1 atom stereocenters. The van der Waals surface area contributed by atoms with E-state index in [1.54, 1.807) is 0 Å². The monoisotopic (exact) mass is 482 g/mol. The van der Waals surface area contributed by atoms with E-state index in [0.29, 0.717) is 0 Å². The van der Waals surface area contributed by atoms with E-state index in [1.165, 1.54) is 30.4 Å². The summed E-state index contributed by atoms with van der Waals surface area (Å²) in [4.78, 5) is 13.5. The number of rotatable bonds is 7. The van der Waals surface area contributed by atoms with Crippen molar-refractivity contribution < 1.29 is 42.0 Å². The van der Waals surface area contributed by atoms with Crippen molar-refractivity contribution in [3.8, 4) is 0 Å². The van der Waals surface area contributed by atoms with Gasteiger partial charge in [0, 0.05) is 50.4 Å². The fourth-order valence-electron chi connectivity index (χ4n) is 5.01. The number of hydrogen-bond donors (Lipinski definition) is 1. The number of aryl methyl sites for hydroxylation is 3. The van der Waals surface area contributed by atoms with E-state index >= 15 is 0 Å². The molecule has 1 fully saturated rings. The first-order valence-electron chi connectivity index (χ1n) is 11.3. The molecule has 1 radical (unpaired) electrons. The Hall–Kier alpha value is -1.03. The van der Waals surface area contributed by atoms with Crippen LogP contribution in [-0.4, -0.2) is 29.5 Å². The zero-order valence-electron chi connectivity index (χ0n) is 19.2. The Bertz CT molecular complexity index is 805. The SMILES string of the molecule is CCc1ccc(C[N+]2(C(CC)C(=O)Nc3c(C)cccc3C)CCCCC2)cc1.[Y]. The number of nitrogens with zero attached hydrogens (tertiary/aromatic N) is 1. The third-order valence-corrected chi connectivity index (χ3v) is 6.72. The topological polar surface area (TPSA) is 29.1 Å². The Balaban J connectivity index is 0.00000320. The van der Waals surface area contributed by atoms with Crippen LogP contribution >= 0.6 is 0 Å². The van der Waals surface area contributed by atoms with Crippen molar-refractivity contribution in [1.82, 2.24) is 0 Å². The van der Waals surface area contributed by atoms with Gasteiger partial charge in [-0.25, -0.2) is 0 Å². The van der Waals surface area contributed by atoms with Crippen molar-refractivity contribution >= 4 is 11.6 Å². The first-order chi connectivity index (χ1) is 14.0. The second-order valence-electron chi connectivity index (χ2n) is 8.73. The van der Waals surface area contributed by atoms with Gasteiger partial charge in [0.25, 0.3) is 5.91 Å². The van der Waals surface area contributed by atoms with Gasteiger partial charge in [-0.2, -0.15) is 0 Å². The number of piperidine rings is 1. The predicted molar refractivity (Wildman–Crippen MR) is 122 cm³/mol. The maximum Gasteiger partial charge on any atom is 0.282 e. The molecule has 1 aliphatic heterocycles. The number of para-hydroxylation sites is 1. The molecule has 4 heteroatoms. The number of hydrogen-bond acceptors (Lipinski definition) is 1. The fourth-order valence-corrected chi connectivity index (χ4v) is 5.01. The fraction of sp³-hybridized carbons (Fsp3) is 0.500. The number of carbonyl (C=O) groups is 1. The molecule has 1 heterocycles. The second kappa shape index (κ2) is 11.6. The smallest absolute Gasteiger partial charge is 0.282 e. The Morgan fingerprint density at radius 3 is 2.03 bits per heavy atom. The van der Waals surface area contributed by atoms with Crippen molar-refractivity contribution in [3.05, 3.63) is 64.7 Å². The molecule has 0 aliphatic carbocycles. The van der Waals surface area contributed by atoms with Gasteiger partial charge in [0.05, 0.1) is 13.1 Å². The summed E-state index contributed by atoms with van der Waals surface area (Å²) in [6.45, 7) is 11.6. The molecule has 159 valence electrons. The Morgan fingerprint density at radius 1 is 0.933 bits per heavy atom. The van der Waals surface area contributed by atoms with E-state index < -0.39 is 0 Å². The van der Waals surface area contributed by atoms with Crippen molar-refractivity contribution in [3.63, 3.8) is 0 Å². The average molecular weight is 483 g/mol. The van der Waals surface area contributed by atoms with Crippen LogP contribution in [-0.2, 0) is 50.5 Å². The second-order valence-corrected chi connectivity index (χ2v) is 8.73. The van der Waals surface area contributed by atoms with Gasteiger partial charge in [0.2, 0.25) is 0 Å². The van der Waals surface area contributed by atoms with Gasteiger partial charge in [-0.15, -0.1) is 0 Å². The van der Waals surface area contributed by atoms with Crippen molar-refractivity contribution in [2.24, 2.45) is 0 Å². The minimum absolute atomic E-state index is 0. The number of likely N-dealkylation sites (tertiary alicyclic amines) is 1. The molecule has 1 aliphatic rings. The summed E-state index contributed by atoms with van der Waals surface area (Å²) in [5.74, 6) is 0.178. The zero-order valence-corrected chi connectivity index (χ0v) is 22.0. The third-order valence-electron chi connectivity index (χ3n) is 6.72. The van der Waals surface area contributed by atoms with Crippen LogP contribution in [0, 0.1) is 13.8 Å². The molecular weight excluding hydrogens is 445 g/mol. The number of quaternary nitrogens is 1. The van der Waals surface area contributed by atoms with Gasteiger partial charge in [0.15, 0.2) is 6.04 Å². The van der Waals surface area contributed by atoms with Crippen LogP contribution in [0.3, 0.4) is 0 Å². The number of benzene rings is 2. The molecule has 2 aromatic rings. The Kier molecular flexibility index (Phi) is 9.72. The summed E-state index contributed by atoms with van der Waals surface area (Å²) >= 11 is 0. The summed E-state index contributed by atoms with van der Waals surface area (Å²) < 4.78 is 0.888. The van der Waals surface area contributed by atoms with Crippen molar-refractivity contribution in [2.45, 2.75) is 72.4 Å². The molecule has 0 bridgehead atoms. The summed E-state index contributed by atoms with van der Waals surface area (Å²) in [6.07, 6.45) is 5.63. The number of amides is 1. The first kappa shape index (κ1) is 25.2. The summed E-state index contributed by atoms with van der Waals surface area (Å²) in [6, 6.07) is 15.2. The standard InChI is InChI=1S/C26H36N2O.Y/c1-5-22-13-15-23(16-14-22)19-28(17-8-7-9-18-28)24(6-2)26(29)27-25-20(3)11-10-12-21(25)4;/h10-16,24H,5-9,17-19H2,1-4H3;/p+1. The van der Waals surface area contributed by atoms with E-state index in [2.05, 4.69) is 75.5 Å². The molecular formula is C26H37N2OY+. The van der Waals surface area contributed by atoms with E-state index in [0.717, 1.165) is 53.8 Å². The molecule has 3 nitrogen and oxygen atoms in total. The van der Waals surface area contributed by atoms with Gasteiger partial charge in [0.1, 0.15) is 6.54 Å². The average Bonchev–Trinajstić information content (AvgIpc) is 2.72. The van der Waals surface area contributed by atoms with E-state index in [4.69, 9.17) is 0 Å². The van der Waals surface area contributed by atoms with Crippen LogP contribution in [0.2, 0.25) is 0 Å². The predicted octanol–water partition coefficient (Wildman–Crippen LogP) is 5.78. The van der Waals surface area contributed by atoms with Gasteiger partial charge in [-0.1, -0.05) is 56.3 Å². The molecule has 1 unspecified atom stereocenters. The van der Waals surface area contributed by atoms with Crippen LogP contribution in [0.15, 0.2) is 42.5 Å². The van der Waals surface area contributed by atoms with Crippen LogP contribution in [0.25, 0.3) is 0 Å². The zero-order chi connectivity index (χ0) is 20.9.